The molecule has 0 spiro atoms. The van der Waals surface area contributed by atoms with E-state index in [1.807, 2.05) is 9.80 Å². The lowest BCUT2D eigenvalue weighted by Crippen LogP contribution is -2.68. The summed E-state index contributed by atoms with van der Waals surface area (Å²) in [5.74, 6) is 0.271. The summed E-state index contributed by atoms with van der Waals surface area (Å²) < 4.78 is 0. The molecule has 31 heavy (non-hydrogen) atoms. The lowest BCUT2D eigenvalue weighted by Gasteiger charge is -2.49. The predicted molar refractivity (Wildman–Crippen MR) is 123 cm³/mol. The average Bonchev–Trinajstić information content (AvgIpc) is 3.39. The second-order valence-electron chi connectivity index (χ2n) is 10.2. The summed E-state index contributed by atoms with van der Waals surface area (Å²) in [5.41, 5.74) is 3.88. The monoisotopic (exact) mass is 419 g/mol. The van der Waals surface area contributed by atoms with Crippen LogP contribution in [-0.2, 0) is 15.0 Å². The van der Waals surface area contributed by atoms with Crippen LogP contribution in [0.1, 0.15) is 65.4 Å². The largest absolute Gasteiger partial charge is 0.361 e. The fourth-order valence-electron chi connectivity index (χ4n) is 6.45. The van der Waals surface area contributed by atoms with Gasteiger partial charge in [-0.15, -0.1) is 0 Å². The highest BCUT2D eigenvalue weighted by atomic mass is 16.2. The number of nitrogens with one attached hydrogen (secondary N) is 1. The first kappa shape index (κ1) is 20.3. The molecule has 4 heterocycles. The third-order valence-corrected chi connectivity index (χ3v) is 7.85. The van der Waals surface area contributed by atoms with Gasteiger partial charge in [0.05, 0.1) is 0 Å². The van der Waals surface area contributed by atoms with Gasteiger partial charge in [-0.3, -0.25) is 9.59 Å². The van der Waals surface area contributed by atoms with E-state index in [4.69, 9.17) is 0 Å². The third kappa shape index (κ3) is 2.68. The molecule has 0 aliphatic carbocycles. The summed E-state index contributed by atoms with van der Waals surface area (Å²) in [4.78, 5) is 31.4. The van der Waals surface area contributed by atoms with Crippen LogP contribution in [0.5, 0.6) is 0 Å². The molecule has 4 aliphatic heterocycles. The summed E-state index contributed by atoms with van der Waals surface area (Å²) in [6.45, 7) is 9.16. The predicted octanol–water partition coefficient (Wildman–Crippen LogP) is 4.36. The fourth-order valence-corrected chi connectivity index (χ4v) is 6.45. The van der Waals surface area contributed by atoms with Crippen LogP contribution in [0.15, 0.2) is 47.6 Å². The van der Waals surface area contributed by atoms with Gasteiger partial charge in [-0.1, -0.05) is 41.5 Å². The molecule has 0 unspecified atom stereocenters. The molecule has 3 fully saturated rings. The Balaban J connectivity index is 1.73. The molecule has 0 saturated carbocycles. The maximum absolute atomic E-state index is 13.9. The minimum atomic E-state index is -0.619. The second kappa shape index (κ2) is 6.98. The second-order valence-corrected chi connectivity index (χ2v) is 10.2. The molecule has 4 atom stereocenters. The lowest BCUT2D eigenvalue weighted by molar-refractivity contribution is -0.161. The Bertz CT molecular complexity index is 1000. The van der Waals surface area contributed by atoms with Gasteiger partial charge in [0.15, 0.2) is 0 Å². The van der Waals surface area contributed by atoms with Crippen molar-refractivity contribution in [2.75, 3.05) is 11.9 Å². The van der Waals surface area contributed by atoms with E-state index in [9.17, 15) is 9.59 Å². The fraction of sp³-hybridized carbons (Fsp3) is 0.538. The van der Waals surface area contributed by atoms with Gasteiger partial charge in [0, 0.05) is 24.1 Å². The summed E-state index contributed by atoms with van der Waals surface area (Å²) in [6, 6.07) is 7.77. The zero-order valence-electron chi connectivity index (χ0n) is 19.1. The molecule has 1 aromatic rings. The van der Waals surface area contributed by atoms with Crippen molar-refractivity contribution in [1.29, 1.82) is 0 Å². The average molecular weight is 420 g/mol. The molecule has 2 amide bonds. The first-order chi connectivity index (χ1) is 14.8. The Morgan fingerprint density at radius 3 is 2.48 bits per heavy atom. The molecular formula is C26H33N3O2. The van der Waals surface area contributed by atoms with E-state index < -0.39 is 5.66 Å². The number of anilines is 1. The summed E-state index contributed by atoms with van der Waals surface area (Å²) in [6.07, 6.45) is 8.40. The summed E-state index contributed by atoms with van der Waals surface area (Å²) >= 11 is 0. The van der Waals surface area contributed by atoms with Crippen molar-refractivity contribution in [1.82, 2.24) is 9.80 Å². The number of carbonyl (C=O) groups is 2. The van der Waals surface area contributed by atoms with E-state index in [-0.39, 0.29) is 29.3 Å². The smallest absolute Gasteiger partial charge is 0.247 e. The number of hydrogen-bond donors (Lipinski definition) is 1. The molecule has 4 aliphatic rings. The summed E-state index contributed by atoms with van der Waals surface area (Å²) in [7, 11) is 0. The minimum Gasteiger partial charge on any atom is -0.361 e. The van der Waals surface area contributed by atoms with Gasteiger partial charge in [0.1, 0.15) is 17.7 Å². The van der Waals surface area contributed by atoms with Crippen LogP contribution in [-0.4, -0.2) is 45.9 Å². The number of rotatable bonds is 4. The Hall–Kier alpha value is -2.56. The summed E-state index contributed by atoms with van der Waals surface area (Å²) in [5, 5.41) is 3.82. The first-order valence-electron chi connectivity index (χ1n) is 11.6. The molecule has 5 heteroatoms. The number of para-hydroxylation sites is 1. The van der Waals surface area contributed by atoms with Crippen molar-refractivity contribution in [2.45, 2.75) is 83.0 Å². The third-order valence-electron chi connectivity index (χ3n) is 7.85. The van der Waals surface area contributed by atoms with Crippen molar-refractivity contribution in [3.8, 4) is 0 Å². The van der Waals surface area contributed by atoms with Gasteiger partial charge in [-0.05, 0) is 65.0 Å². The van der Waals surface area contributed by atoms with Gasteiger partial charge in [0.25, 0.3) is 0 Å². The van der Waals surface area contributed by atoms with Gasteiger partial charge >= 0.3 is 0 Å². The van der Waals surface area contributed by atoms with Crippen molar-refractivity contribution < 1.29 is 9.59 Å². The van der Waals surface area contributed by atoms with Crippen LogP contribution in [0.3, 0.4) is 0 Å². The highest BCUT2D eigenvalue weighted by molar-refractivity contribution is 6.00. The van der Waals surface area contributed by atoms with Crippen molar-refractivity contribution >= 4 is 17.5 Å². The van der Waals surface area contributed by atoms with E-state index in [2.05, 4.69) is 69.4 Å². The lowest BCUT2D eigenvalue weighted by atomic mass is 9.68. The minimum absolute atomic E-state index is 0.128. The number of piperazine rings is 1. The number of benzene rings is 1. The molecule has 5 rings (SSSR count). The van der Waals surface area contributed by atoms with E-state index in [0.29, 0.717) is 19.4 Å². The van der Waals surface area contributed by atoms with Crippen molar-refractivity contribution in [2.24, 2.45) is 0 Å². The number of nitrogens with zero attached hydrogens (tertiary/aromatic N) is 2. The normalized spacial score (nSPS) is 32.8. The van der Waals surface area contributed by atoms with Gasteiger partial charge in [-0.2, -0.15) is 0 Å². The molecule has 164 valence electrons. The van der Waals surface area contributed by atoms with E-state index >= 15 is 0 Å². The molecule has 0 bridgehead atoms. The number of fused-ring (bicyclic) bond motifs is 6. The molecule has 0 radical (unpaired) electrons. The Kier molecular flexibility index (Phi) is 4.58. The number of amides is 2. The van der Waals surface area contributed by atoms with Crippen molar-refractivity contribution in [3.63, 3.8) is 0 Å². The number of allylic oxidation sites excluding steroid dienone is 3. The maximum atomic E-state index is 13.9. The van der Waals surface area contributed by atoms with Crippen LogP contribution in [0.25, 0.3) is 0 Å². The van der Waals surface area contributed by atoms with Gasteiger partial charge < -0.3 is 15.1 Å². The Morgan fingerprint density at radius 2 is 1.74 bits per heavy atom. The SMILES string of the molecule is CC(C)=CC[C@@]12C[C@H]3C(=O)N4CCC[C@H]4C(=O)N3[C@]1(CC=C(C)C)Nc1ccccc12. The highest BCUT2D eigenvalue weighted by Gasteiger charge is 2.71. The molecule has 1 aromatic carbocycles. The number of hydrogen-bond acceptors (Lipinski definition) is 3. The van der Waals surface area contributed by atoms with Gasteiger partial charge in [-0.25, -0.2) is 0 Å². The zero-order valence-corrected chi connectivity index (χ0v) is 19.1. The van der Waals surface area contributed by atoms with Crippen LogP contribution >= 0.6 is 0 Å². The standard InChI is InChI=1S/C26H33N3O2/c1-17(2)11-13-25-16-22-23(30)28-15-7-10-21(28)24(31)29(22)26(25,14-12-18(3)4)27-20-9-6-5-8-19(20)25/h5-6,8-9,11-12,21-22,27H,7,10,13-16H2,1-4H3/t21-,22-,25-,26-/m0/s1. The molecule has 0 aromatic heterocycles. The maximum Gasteiger partial charge on any atom is 0.247 e. The Morgan fingerprint density at radius 1 is 1.03 bits per heavy atom. The van der Waals surface area contributed by atoms with Crippen LogP contribution in [0, 0.1) is 0 Å². The number of carbonyl (C=O) groups excluding carboxylic acids is 2. The molecule has 1 N–H and O–H groups in total. The van der Waals surface area contributed by atoms with Crippen LogP contribution in [0.2, 0.25) is 0 Å². The highest BCUT2D eigenvalue weighted by Crippen LogP contribution is 2.62. The van der Waals surface area contributed by atoms with Crippen molar-refractivity contribution in [3.05, 3.63) is 53.1 Å². The van der Waals surface area contributed by atoms with Crippen LogP contribution in [0.4, 0.5) is 5.69 Å². The van der Waals surface area contributed by atoms with Crippen LogP contribution < -0.4 is 5.32 Å². The Labute approximate surface area is 185 Å². The van der Waals surface area contributed by atoms with E-state index in [1.165, 1.54) is 16.7 Å². The van der Waals surface area contributed by atoms with E-state index in [0.717, 1.165) is 24.9 Å². The van der Waals surface area contributed by atoms with Gasteiger partial charge in [0.2, 0.25) is 11.8 Å². The topological polar surface area (TPSA) is 52.7 Å². The van der Waals surface area contributed by atoms with E-state index in [1.54, 1.807) is 0 Å². The molecular weight excluding hydrogens is 386 g/mol. The molecule has 5 nitrogen and oxygen atoms in total. The molecule has 3 saturated heterocycles. The zero-order chi connectivity index (χ0) is 22.0. The first-order valence-corrected chi connectivity index (χ1v) is 11.6. The quantitative estimate of drug-likeness (QED) is 0.738.